The minimum absolute atomic E-state index is 0.0806. The van der Waals surface area contributed by atoms with Gasteiger partial charge in [0.15, 0.2) is 5.82 Å². The monoisotopic (exact) mass is 405 g/mol. The fraction of sp³-hybridized carbons (Fsp3) is 0.318. The van der Waals surface area contributed by atoms with Gasteiger partial charge in [0.05, 0.1) is 25.4 Å². The first-order valence-corrected chi connectivity index (χ1v) is 9.91. The van der Waals surface area contributed by atoms with Gasteiger partial charge in [-0.3, -0.25) is 14.6 Å². The lowest BCUT2D eigenvalue weighted by molar-refractivity contribution is -0.131. The van der Waals surface area contributed by atoms with E-state index in [9.17, 15) is 9.59 Å². The Balaban J connectivity index is 1.43. The molecule has 0 aliphatic carbocycles. The van der Waals surface area contributed by atoms with E-state index in [2.05, 4.69) is 19.9 Å². The van der Waals surface area contributed by atoms with Gasteiger partial charge in [-0.15, -0.1) is 0 Å². The molecule has 1 saturated heterocycles. The van der Waals surface area contributed by atoms with Crippen LogP contribution in [0.1, 0.15) is 30.0 Å². The summed E-state index contributed by atoms with van der Waals surface area (Å²) in [6.07, 6.45) is 6.54. The number of carbonyl (C=O) groups excluding carboxylic acids is 1. The molecule has 1 aliphatic heterocycles. The number of aromatic nitrogens is 4. The molecule has 1 N–H and O–H groups in total. The van der Waals surface area contributed by atoms with E-state index in [1.807, 2.05) is 29.2 Å². The number of para-hydroxylation sites is 1. The Hall–Kier alpha value is -3.55. The van der Waals surface area contributed by atoms with Crippen molar-refractivity contribution in [2.24, 2.45) is 0 Å². The van der Waals surface area contributed by atoms with Crippen LogP contribution in [0.2, 0.25) is 0 Å². The molecule has 2 aromatic heterocycles. The number of carbonyl (C=O) groups is 1. The van der Waals surface area contributed by atoms with Crippen LogP contribution in [0.4, 0.5) is 0 Å². The van der Waals surface area contributed by atoms with Crippen molar-refractivity contribution in [1.29, 1.82) is 0 Å². The number of amides is 1. The van der Waals surface area contributed by atoms with E-state index in [0.717, 1.165) is 29.8 Å². The van der Waals surface area contributed by atoms with E-state index in [4.69, 9.17) is 4.74 Å². The maximum atomic E-state index is 12.8. The molecule has 3 heterocycles. The second-order valence-corrected chi connectivity index (χ2v) is 7.25. The standard InChI is InChI=1S/C22H23N5O3/c1-30-19-5-3-2-4-16(19)12-21(29)27-10-6-15(7-11-27)17-13-20(28)26-22(25-17)18-14-23-8-9-24-18/h2-5,8-9,13-15H,6-7,10-12H2,1H3,(H,25,26,28). The number of hydrogen-bond donors (Lipinski definition) is 1. The molecule has 0 saturated carbocycles. The summed E-state index contributed by atoms with van der Waals surface area (Å²) < 4.78 is 5.35. The highest BCUT2D eigenvalue weighted by Gasteiger charge is 2.26. The van der Waals surface area contributed by atoms with Gasteiger partial charge >= 0.3 is 0 Å². The lowest BCUT2D eigenvalue weighted by Crippen LogP contribution is -2.39. The Morgan fingerprint density at radius 1 is 1.23 bits per heavy atom. The number of H-pyrrole nitrogens is 1. The summed E-state index contributed by atoms with van der Waals surface area (Å²) in [6.45, 7) is 1.27. The maximum Gasteiger partial charge on any atom is 0.251 e. The van der Waals surface area contributed by atoms with Crippen LogP contribution >= 0.6 is 0 Å². The molecule has 8 heteroatoms. The molecular formula is C22H23N5O3. The van der Waals surface area contributed by atoms with Crippen molar-refractivity contribution in [2.75, 3.05) is 20.2 Å². The predicted molar refractivity (Wildman–Crippen MR) is 111 cm³/mol. The number of rotatable bonds is 5. The van der Waals surface area contributed by atoms with Crippen LogP contribution in [0.5, 0.6) is 5.75 Å². The van der Waals surface area contributed by atoms with E-state index in [1.165, 1.54) is 6.07 Å². The van der Waals surface area contributed by atoms with E-state index < -0.39 is 0 Å². The largest absolute Gasteiger partial charge is 0.496 e. The van der Waals surface area contributed by atoms with Crippen LogP contribution in [0.3, 0.4) is 0 Å². The number of benzene rings is 1. The lowest BCUT2D eigenvalue weighted by atomic mass is 9.93. The first-order chi connectivity index (χ1) is 14.6. The number of nitrogens with one attached hydrogen (secondary N) is 1. The summed E-state index contributed by atoms with van der Waals surface area (Å²) in [5, 5.41) is 0. The molecule has 0 spiro atoms. The fourth-order valence-electron chi connectivity index (χ4n) is 3.78. The molecular weight excluding hydrogens is 382 g/mol. The van der Waals surface area contributed by atoms with Crippen LogP contribution in [-0.4, -0.2) is 50.9 Å². The average molecular weight is 405 g/mol. The van der Waals surface area contributed by atoms with Crippen molar-refractivity contribution in [1.82, 2.24) is 24.8 Å². The van der Waals surface area contributed by atoms with Gasteiger partial charge in [0.25, 0.3) is 5.56 Å². The Morgan fingerprint density at radius 3 is 2.77 bits per heavy atom. The fourth-order valence-corrected chi connectivity index (χ4v) is 3.78. The highest BCUT2D eigenvalue weighted by Crippen LogP contribution is 2.28. The topological polar surface area (TPSA) is 101 Å². The van der Waals surface area contributed by atoms with Crippen molar-refractivity contribution in [3.63, 3.8) is 0 Å². The Bertz CT molecular complexity index is 1080. The highest BCUT2D eigenvalue weighted by molar-refractivity contribution is 5.79. The van der Waals surface area contributed by atoms with Crippen LogP contribution in [0, 0.1) is 0 Å². The van der Waals surface area contributed by atoms with Gasteiger partial charge in [-0.1, -0.05) is 18.2 Å². The van der Waals surface area contributed by atoms with Gasteiger partial charge in [0, 0.05) is 43.0 Å². The van der Waals surface area contributed by atoms with Crippen molar-refractivity contribution >= 4 is 5.91 Å². The Labute approximate surface area is 174 Å². The molecule has 0 radical (unpaired) electrons. The van der Waals surface area contributed by atoms with E-state index >= 15 is 0 Å². The minimum Gasteiger partial charge on any atom is -0.496 e. The third-order valence-electron chi connectivity index (χ3n) is 5.37. The molecule has 0 unspecified atom stereocenters. The number of nitrogens with zero attached hydrogens (tertiary/aromatic N) is 4. The van der Waals surface area contributed by atoms with E-state index in [0.29, 0.717) is 31.0 Å². The van der Waals surface area contributed by atoms with Crippen molar-refractivity contribution in [3.8, 4) is 17.3 Å². The second kappa shape index (κ2) is 8.86. The molecule has 1 aromatic carbocycles. The molecule has 0 atom stereocenters. The summed E-state index contributed by atoms with van der Waals surface area (Å²) in [4.78, 5) is 42.3. The van der Waals surface area contributed by atoms with Gasteiger partial charge in [-0.2, -0.15) is 0 Å². The molecule has 0 bridgehead atoms. The number of likely N-dealkylation sites (tertiary alicyclic amines) is 1. The zero-order valence-electron chi connectivity index (χ0n) is 16.7. The summed E-state index contributed by atoms with van der Waals surface area (Å²) in [5.74, 6) is 1.35. The quantitative estimate of drug-likeness (QED) is 0.698. The summed E-state index contributed by atoms with van der Waals surface area (Å²) >= 11 is 0. The minimum atomic E-state index is -0.213. The third kappa shape index (κ3) is 4.37. The molecule has 4 rings (SSSR count). The third-order valence-corrected chi connectivity index (χ3v) is 5.37. The van der Waals surface area contributed by atoms with Crippen molar-refractivity contribution in [3.05, 3.63) is 70.5 Å². The van der Waals surface area contributed by atoms with Gasteiger partial charge in [-0.05, 0) is 18.9 Å². The van der Waals surface area contributed by atoms with Gasteiger partial charge < -0.3 is 14.6 Å². The summed E-state index contributed by atoms with van der Waals surface area (Å²) in [6, 6.07) is 9.11. The zero-order chi connectivity index (χ0) is 20.9. The molecule has 8 nitrogen and oxygen atoms in total. The average Bonchev–Trinajstić information content (AvgIpc) is 2.79. The van der Waals surface area contributed by atoms with E-state index in [-0.39, 0.29) is 17.4 Å². The first kappa shape index (κ1) is 19.8. The zero-order valence-corrected chi connectivity index (χ0v) is 16.7. The Kier molecular flexibility index (Phi) is 5.83. The second-order valence-electron chi connectivity index (χ2n) is 7.25. The molecule has 1 fully saturated rings. The highest BCUT2D eigenvalue weighted by atomic mass is 16.5. The molecule has 3 aromatic rings. The van der Waals surface area contributed by atoms with Gasteiger partial charge in [-0.25, -0.2) is 9.97 Å². The number of methoxy groups -OCH3 is 1. The smallest absolute Gasteiger partial charge is 0.251 e. The van der Waals surface area contributed by atoms with Crippen molar-refractivity contribution < 1.29 is 9.53 Å². The lowest BCUT2D eigenvalue weighted by Gasteiger charge is -2.32. The maximum absolute atomic E-state index is 12.8. The SMILES string of the molecule is COc1ccccc1CC(=O)N1CCC(c2cc(=O)[nH]c(-c3cnccn3)n2)CC1. The van der Waals surface area contributed by atoms with Crippen LogP contribution in [-0.2, 0) is 11.2 Å². The van der Waals surface area contributed by atoms with Crippen LogP contribution in [0.15, 0.2) is 53.7 Å². The molecule has 1 aliphatic rings. The summed E-state index contributed by atoms with van der Waals surface area (Å²) in [7, 11) is 1.61. The van der Waals surface area contributed by atoms with Crippen LogP contribution < -0.4 is 10.3 Å². The van der Waals surface area contributed by atoms with Crippen LogP contribution in [0.25, 0.3) is 11.5 Å². The van der Waals surface area contributed by atoms with E-state index in [1.54, 1.807) is 25.7 Å². The predicted octanol–water partition coefficient (Wildman–Crippen LogP) is 2.18. The Morgan fingerprint density at radius 2 is 2.03 bits per heavy atom. The van der Waals surface area contributed by atoms with Gasteiger partial charge in [0.1, 0.15) is 11.4 Å². The summed E-state index contributed by atoms with van der Waals surface area (Å²) in [5.41, 5.74) is 1.93. The molecule has 1 amide bonds. The number of hydrogen-bond acceptors (Lipinski definition) is 6. The molecule has 30 heavy (non-hydrogen) atoms. The van der Waals surface area contributed by atoms with Gasteiger partial charge in [0.2, 0.25) is 5.91 Å². The normalized spacial score (nSPS) is 14.5. The number of aromatic amines is 1. The number of ether oxygens (including phenoxy) is 1. The molecule has 154 valence electrons. The number of piperidine rings is 1. The first-order valence-electron chi connectivity index (χ1n) is 9.91. The van der Waals surface area contributed by atoms with Crippen molar-refractivity contribution in [2.45, 2.75) is 25.2 Å².